The first-order valence-electron chi connectivity index (χ1n) is 15.2. The molecule has 1 atom stereocenters. The van der Waals surface area contributed by atoms with Gasteiger partial charge in [-0.1, -0.05) is 97.1 Å². The van der Waals surface area contributed by atoms with Gasteiger partial charge in [-0.2, -0.15) is 0 Å². The summed E-state index contributed by atoms with van der Waals surface area (Å²) < 4.78 is 24.7. The highest BCUT2D eigenvalue weighted by molar-refractivity contribution is 5.50. The molecule has 1 aliphatic heterocycles. The van der Waals surface area contributed by atoms with E-state index in [1.807, 2.05) is 60.7 Å². The van der Waals surface area contributed by atoms with Gasteiger partial charge in [-0.25, -0.2) is 0 Å². The molecule has 0 saturated carbocycles. The third-order valence-electron chi connectivity index (χ3n) is 8.20. The number of benzene rings is 5. The predicted molar refractivity (Wildman–Crippen MR) is 175 cm³/mol. The van der Waals surface area contributed by atoms with Gasteiger partial charge in [0.1, 0.15) is 19.8 Å². The average molecular weight is 586 g/mol. The summed E-state index contributed by atoms with van der Waals surface area (Å²) in [5, 5.41) is 0. The van der Waals surface area contributed by atoms with E-state index < -0.39 is 0 Å². The molecule has 0 radical (unpaired) electrons. The molecule has 1 heterocycles. The fourth-order valence-corrected chi connectivity index (χ4v) is 5.71. The van der Waals surface area contributed by atoms with Crippen LogP contribution >= 0.6 is 0 Å². The minimum Gasteiger partial charge on any atom is -0.493 e. The largest absolute Gasteiger partial charge is 0.493 e. The lowest BCUT2D eigenvalue weighted by atomic mass is 9.88. The van der Waals surface area contributed by atoms with Gasteiger partial charge in [0.15, 0.2) is 23.0 Å². The molecule has 0 N–H and O–H groups in total. The number of rotatable bonds is 12. The van der Waals surface area contributed by atoms with Crippen molar-refractivity contribution in [2.75, 3.05) is 20.7 Å². The summed E-state index contributed by atoms with van der Waals surface area (Å²) in [6, 6.07) is 41.6. The number of ether oxygens (including phenoxy) is 4. The summed E-state index contributed by atoms with van der Waals surface area (Å²) in [6.45, 7) is 2.41. The quantitative estimate of drug-likeness (QED) is 0.148. The van der Waals surface area contributed by atoms with E-state index in [4.69, 9.17) is 18.9 Å². The lowest BCUT2D eigenvalue weighted by Gasteiger charge is -2.35. The second-order valence-corrected chi connectivity index (χ2v) is 11.3. The summed E-state index contributed by atoms with van der Waals surface area (Å²) in [5.41, 5.74) is 7.13. The van der Waals surface area contributed by atoms with Crippen LogP contribution in [0.15, 0.2) is 121 Å². The van der Waals surface area contributed by atoms with Gasteiger partial charge in [0.25, 0.3) is 0 Å². The average Bonchev–Trinajstić information content (AvgIpc) is 3.08. The van der Waals surface area contributed by atoms with Crippen molar-refractivity contribution in [2.24, 2.45) is 0 Å². The van der Waals surface area contributed by atoms with E-state index in [2.05, 4.69) is 72.6 Å². The van der Waals surface area contributed by atoms with Crippen LogP contribution in [0.5, 0.6) is 23.0 Å². The molecular formula is C39H39NO4. The molecule has 0 fully saturated rings. The fourth-order valence-electron chi connectivity index (χ4n) is 5.71. The highest BCUT2D eigenvalue weighted by Gasteiger charge is 2.27. The number of hydrogen-bond donors (Lipinski definition) is 0. The second kappa shape index (κ2) is 14.2. The van der Waals surface area contributed by atoms with Crippen LogP contribution in [0.3, 0.4) is 0 Å². The second-order valence-electron chi connectivity index (χ2n) is 11.3. The molecule has 5 aromatic carbocycles. The summed E-state index contributed by atoms with van der Waals surface area (Å²) in [6.07, 6.45) is 1.80. The third kappa shape index (κ3) is 7.24. The zero-order chi connectivity index (χ0) is 30.1. The number of fused-ring (bicyclic) bond motifs is 1. The Morgan fingerprint density at radius 2 is 1.09 bits per heavy atom. The van der Waals surface area contributed by atoms with E-state index >= 15 is 0 Å². The number of likely N-dealkylation sites (N-methyl/N-ethyl adjacent to an activating group) is 1. The maximum absolute atomic E-state index is 6.39. The van der Waals surface area contributed by atoms with E-state index in [0.717, 1.165) is 59.1 Å². The molecule has 0 amide bonds. The molecule has 6 rings (SSSR count). The Kier molecular flexibility index (Phi) is 9.44. The van der Waals surface area contributed by atoms with Crippen LogP contribution in [0, 0.1) is 0 Å². The van der Waals surface area contributed by atoms with Crippen LogP contribution in [0.4, 0.5) is 0 Å². The van der Waals surface area contributed by atoms with Crippen molar-refractivity contribution in [3.8, 4) is 23.0 Å². The molecule has 0 saturated heterocycles. The summed E-state index contributed by atoms with van der Waals surface area (Å²) in [5.74, 6) is 3.04. The molecule has 1 aliphatic rings. The molecule has 0 bridgehead atoms. The molecule has 44 heavy (non-hydrogen) atoms. The van der Waals surface area contributed by atoms with Crippen molar-refractivity contribution in [2.45, 2.75) is 38.7 Å². The van der Waals surface area contributed by atoms with Crippen LogP contribution in [0.25, 0.3) is 0 Å². The third-order valence-corrected chi connectivity index (χ3v) is 8.20. The maximum atomic E-state index is 6.39. The van der Waals surface area contributed by atoms with E-state index in [-0.39, 0.29) is 6.04 Å². The van der Waals surface area contributed by atoms with E-state index in [1.165, 1.54) is 16.7 Å². The van der Waals surface area contributed by atoms with E-state index in [9.17, 15) is 0 Å². The minimum absolute atomic E-state index is 0.182. The number of hydrogen-bond acceptors (Lipinski definition) is 5. The van der Waals surface area contributed by atoms with Crippen LogP contribution in [0.2, 0.25) is 0 Å². The minimum atomic E-state index is 0.182. The molecule has 224 valence electrons. The van der Waals surface area contributed by atoms with Gasteiger partial charge in [0, 0.05) is 12.6 Å². The van der Waals surface area contributed by atoms with Crippen molar-refractivity contribution in [3.63, 3.8) is 0 Å². The number of methoxy groups -OCH3 is 1. The van der Waals surface area contributed by atoms with E-state index in [0.29, 0.717) is 19.8 Å². The summed E-state index contributed by atoms with van der Waals surface area (Å²) in [4.78, 5) is 2.43. The van der Waals surface area contributed by atoms with Gasteiger partial charge in [-0.3, -0.25) is 4.90 Å². The summed E-state index contributed by atoms with van der Waals surface area (Å²) in [7, 11) is 3.91. The molecule has 1 unspecified atom stereocenters. The fraction of sp³-hybridized carbons (Fsp3) is 0.231. The molecule has 0 aromatic heterocycles. The van der Waals surface area contributed by atoms with Crippen molar-refractivity contribution >= 4 is 0 Å². The molecule has 5 aromatic rings. The van der Waals surface area contributed by atoms with Gasteiger partial charge in [0.2, 0.25) is 0 Å². The SMILES string of the molecule is COc1cc2c(cc1OCc1ccccc1)C(Cc1ccc(OCc3ccccc3)c(OCc3ccccc3)c1)N(C)CC2. The lowest BCUT2D eigenvalue weighted by Crippen LogP contribution is -2.33. The van der Waals surface area contributed by atoms with Crippen LogP contribution < -0.4 is 18.9 Å². The van der Waals surface area contributed by atoms with Gasteiger partial charge in [-0.05, 0) is 77.5 Å². The molecular weight excluding hydrogens is 546 g/mol. The summed E-state index contributed by atoms with van der Waals surface area (Å²) >= 11 is 0. The Morgan fingerprint density at radius 1 is 0.568 bits per heavy atom. The Morgan fingerprint density at radius 3 is 1.64 bits per heavy atom. The van der Waals surface area contributed by atoms with Gasteiger partial charge in [0.05, 0.1) is 7.11 Å². The Labute approximate surface area is 260 Å². The normalized spacial score (nSPS) is 14.5. The van der Waals surface area contributed by atoms with Crippen molar-refractivity contribution < 1.29 is 18.9 Å². The first kappa shape index (κ1) is 29.3. The van der Waals surface area contributed by atoms with Crippen molar-refractivity contribution in [1.82, 2.24) is 4.90 Å². The van der Waals surface area contributed by atoms with Crippen LogP contribution in [0.1, 0.15) is 39.4 Å². The Bertz CT molecular complexity index is 1640. The van der Waals surface area contributed by atoms with Gasteiger partial charge < -0.3 is 18.9 Å². The smallest absolute Gasteiger partial charge is 0.162 e. The molecule has 0 spiro atoms. The van der Waals surface area contributed by atoms with Gasteiger partial charge >= 0.3 is 0 Å². The van der Waals surface area contributed by atoms with E-state index in [1.54, 1.807) is 7.11 Å². The standard InChI is InChI=1S/C39H39NO4/c1-40-21-20-33-24-37(41-2)39(44-28-31-16-10-5-11-17-31)25-34(33)35(40)22-32-18-19-36(42-26-29-12-6-3-7-13-29)38(23-32)43-27-30-14-8-4-9-15-30/h3-19,23-25,35H,20-22,26-28H2,1-2H3. The Balaban J connectivity index is 1.25. The van der Waals surface area contributed by atoms with Crippen LogP contribution in [-0.2, 0) is 32.7 Å². The molecule has 5 heteroatoms. The first-order valence-corrected chi connectivity index (χ1v) is 15.2. The highest BCUT2D eigenvalue weighted by Crippen LogP contribution is 2.40. The first-order chi connectivity index (χ1) is 21.7. The van der Waals surface area contributed by atoms with Crippen molar-refractivity contribution in [1.29, 1.82) is 0 Å². The highest BCUT2D eigenvalue weighted by atomic mass is 16.5. The monoisotopic (exact) mass is 585 g/mol. The Hall–Kier alpha value is -4.74. The lowest BCUT2D eigenvalue weighted by molar-refractivity contribution is 0.225. The zero-order valence-electron chi connectivity index (χ0n) is 25.4. The maximum Gasteiger partial charge on any atom is 0.162 e. The topological polar surface area (TPSA) is 40.2 Å². The molecule has 0 aliphatic carbocycles. The van der Waals surface area contributed by atoms with Gasteiger partial charge in [-0.15, -0.1) is 0 Å². The van der Waals surface area contributed by atoms with Crippen molar-refractivity contribution in [3.05, 3.63) is 155 Å². The predicted octanol–water partition coefficient (Wildman–Crippen LogP) is 8.20. The zero-order valence-corrected chi connectivity index (χ0v) is 25.4. The molecule has 5 nitrogen and oxygen atoms in total. The number of nitrogens with zero attached hydrogens (tertiary/aromatic N) is 1. The van der Waals surface area contributed by atoms with Crippen LogP contribution in [-0.4, -0.2) is 25.6 Å².